The first-order valence-corrected chi connectivity index (χ1v) is 12.7. The number of carbonyl (C=O) groups excluding carboxylic acids is 1. The van der Waals surface area contributed by atoms with E-state index in [-0.39, 0.29) is 16.7 Å². The molecule has 2 aromatic carbocycles. The number of pyridine rings is 2. The van der Waals surface area contributed by atoms with Gasteiger partial charge in [-0.15, -0.1) is 0 Å². The Morgan fingerprint density at radius 2 is 1.86 bits per heavy atom. The summed E-state index contributed by atoms with van der Waals surface area (Å²) in [5.41, 5.74) is 4.05. The van der Waals surface area contributed by atoms with Crippen molar-refractivity contribution >= 4 is 45.5 Å². The summed E-state index contributed by atoms with van der Waals surface area (Å²) in [6, 6.07) is 12.2. The molecule has 0 bridgehead atoms. The average Bonchev–Trinajstić information content (AvgIpc) is 3.78. The van der Waals surface area contributed by atoms with E-state index in [1.165, 1.54) is 12.1 Å². The van der Waals surface area contributed by atoms with Crippen LogP contribution >= 0.6 is 11.6 Å². The zero-order valence-corrected chi connectivity index (χ0v) is 20.7. The third-order valence-electron chi connectivity index (χ3n) is 6.91. The highest BCUT2D eigenvalue weighted by molar-refractivity contribution is 6.32. The van der Waals surface area contributed by atoms with Crippen LogP contribution in [-0.4, -0.2) is 47.0 Å². The molecule has 1 saturated carbocycles. The lowest BCUT2D eigenvalue weighted by Crippen LogP contribution is -2.43. The van der Waals surface area contributed by atoms with E-state index in [9.17, 15) is 14.3 Å². The van der Waals surface area contributed by atoms with Crippen molar-refractivity contribution in [1.29, 1.82) is 0 Å². The molecule has 0 radical (unpaired) electrons. The summed E-state index contributed by atoms with van der Waals surface area (Å²) < 4.78 is 14.2. The first-order chi connectivity index (χ1) is 18.0. The Hall–Kier alpha value is -3.75. The molecule has 2 aromatic heterocycles. The number of anilines is 3. The highest BCUT2D eigenvalue weighted by Crippen LogP contribution is 2.39. The van der Waals surface area contributed by atoms with E-state index in [0.717, 1.165) is 44.7 Å². The number of hydrogen-bond acceptors (Lipinski definition) is 7. The molecule has 7 nitrogen and oxygen atoms in total. The second kappa shape index (κ2) is 9.61. The summed E-state index contributed by atoms with van der Waals surface area (Å²) in [6.45, 7) is 3.73. The fourth-order valence-electron chi connectivity index (χ4n) is 4.69. The van der Waals surface area contributed by atoms with Gasteiger partial charge in [0.2, 0.25) is 0 Å². The number of nitrogens with one attached hydrogen (secondary N) is 2. The molecule has 1 aliphatic heterocycles. The van der Waals surface area contributed by atoms with E-state index >= 15 is 0 Å². The highest BCUT2D eigenvalue weighted by atomic mass is 35.5. The van der Waals surface area contributed by atoms with Crippen molar-refractivity contribution in [2.45, 2.75) is 12.8 Å². The van der Waals surface area contributed by atoms with E-state index in [1.807, 2.05) is 36.5 Å². The Kier molecular flexibility index (Phi) is 6.14. The van der Waals surface area contributed by atoms with Gasteiger partial charge in [-0.3, -0.25) is 9.78 Å². The molecule has 6 rings (SSSR count). The number of aromatic hydroxyl groups is 1. The van der Waals surface area contributed by atoms with Crippen LogP contribution in [0.25, 0.3) is 22.0 Å². The Labute approximate surface area is 218 Å². The monoisotopic (exact) mass is 517 g/mol. The number of nitrogens with zero attached hydrogens (tertiary/aromatic N) is 3. The second-order valence-electron chi connectivity index (χ2n) is 9.47. The van der Waals surface area contributed by atoms with Crippen molar-refractivity contribution in [3.8, 4) is 16.9 Å². The summed E-state index contributed by atoms with van der Waals surface area (Å²) in [7, 11) is 0. The predicted molar refractivity (Wildman–Crippen MR) is 143 cm³/mol. The quantitative estimate of drug-likeness (QED) is 0.289. The molecule has 0 unspecified atom stereocenters. The molecule has 0 atom stereocenters. The number of carbonyl (C=O) groups is 1. The van der Waals surface area contributed by atoms with Gasteiger partial charge < -0.3 is 20.6 Å². The zero-order chi connectivity index (χ0) is 25.5. The molecular formula is C28H25ClFN5O2. The van der Waals surface area contributed by atoms with Crippen LogP contribution in [0.5, 0.6) is 5.75 Å². The predicted octanol–water partition coefficient (Wildman–Crippen LogP) is 5.54. The van der Waals surface area contributed by atoms with Crippen LogP contribution in [0, 0.1) is 11.7 Å². The molecule has 2 aliphatic rings. The standard InChI is InChI=1S/C28H25ClFN5O2/c29-22-12-18(13-23(30)28(22)37)17-3-5-24-20(11-17)26(21(15-32-24)27(36)16-1-2-16)34-25-6-4-19(14-33-25)35-9-7-31-8-10-35/h3-6,11-16,31,37H,1-2,7-10H2,(H,32,33,34). The Morgan fingerprint density at radius 1 is 1.05 bits per heavy atom. The van der Waals surface area contributed by atoms with Gasteiger partial charge in [0.25, 0.3) is 0 Å². The van der Waals surface area contributed by atoms with Crippen molar-refractivity contribution in [1.82, 2.24) is 15.3 Å². The molecule has 4 aromatic rings. The lowest BCUT2D eigenvalue weighted by molar-refractivity contribution is 0.0968. The summed E-state index contributed by atoms with van der Waals surface area (Å²) >= 11 is 6.03. The van der Waals surface area contributed by atoms with Crippen molar-refractivity contribution in [3.63, 3.8) is 0 Å². The number of Topliss-reactive ketones (excluding diaryl/α,β-unsaturated/α-hetero) is 1. The van der Waals surface area contributed by atoms with Crippen LogP contribution in [0.3, 0.4) is 0 Å². The number of aromatic nitrogens is 2. The van der Waals surface area contributed by atoms with Crippen LogP contribution < -0.4 is 15.5 Å². The smallest absolute Gasteiger partial charge is 0.170 e. The minimum atomic E-state index is -0.800. The number of hydrogen-bond donors (Lipinski definition) is 3. The lowest BCUT2D eigenvalue weighted by atomic mass is 9.99. The van der Waals surface area contributed by atoms with Crippen LogP contribution in [-0.2, 0) is 0 Å². The first kappa shape index (κ1) is 23.6. The normalized spacial score (nSPS) is 15.7. The average molecular weight is 518 g/mol. The van der Waals surface area contributed by atoms with Crippen LogP contribution in [0.15, 0.2) is 54.9 Å². The van der Waals surface area contributed by atoms with Gasteiger partial charge in [-0.25, -0.2) is 9.37 Å². The number of phenolic OH excluding ortho intramolecular Hbond substituents is 1. The third-order valence-corrected chi connectivity index (χ3v) is 7.20. The Balaban J connectivity index is 1.42. The van der Waals surface area contributed by atoms with E-state index < -0.39 is 11.6 Å². The second-order valence-corrected chi connectivity index (χ2v) is 9.88. The van der Waals surface area contributed by atoms with Crippen molar-refractivity contribution < 1.29 is 14.3 Å². The van der Waals surface area contributed by atoms with Crippen LogP contribution in [0.2, 0.25) is 5.02 Å². The van der Waals surface area contributed by atoms with Crippen molar-refractivity contribution in [2.24, 2.45) is 5.92 Å². The maximum absolute atomic E-state index is 14.2. The van der Waals surface area contributed by atoms with E-state index in [0.29, 0.717) is 39.1 Å². The minimum absolute atomic E-state index is 0.0102. The molecule has 9 heteroatoms. The number of fused-ring (bicyclic) bond motifs is 1. The van der Waals surface area contributed by atoms with E-state index in [1.54, 1.807) is 6.20 Å². The lowest BCUT2D eigenvalue weighted by Gasteiger charge is -2.29. The van der Waals surface area contributed by atoms with Crippen LogP contribution in [0.1, 0.15) is 23.2 Å². The molecule has 188 valence electrons. The van der Waals surface area contributed by atoms with E-state index in [4.69, 9.17) is 11.6 Å². The highest BCUT2D eigenvalue weighted by Gasteiger charge is 2.32. The van der Waals surface area contributed by atoms with Crippen LogP contribution in [0.4, 0.5) is 21.6 Å². The molecule has 0 amide bonds. The van der Waals surface area contributed by atoms with Gasteiger partial charge in [-0.1, -0.05) is 17.7 Å². The molecule has 3 N–H and O–H groups in total. The van der Waals surface area contributed by atoms with Gasteiger partial charge in [-0.2, -0.15) is 0 Å². The Bertz CT molecular complexity index is 1480. The Morgan fingerprint density at radius 3 is 2.57 bits per heavy atom. The number of phenols is 1. The summed E-state index contributed by atoms with van der Waals surface area (Å²) in [5, 5.41) is 17.1. The fraction of sp³-hybridized carbons (Fsp3) is 0.250. The van der Waals surface area contributed by atoms with Gasteiger partial charge in [0, 0.05) is 43.7 Å². The first-order valence-electron chi connectivity index (χ1n) is 12.3. The van der Waals surface area contributed by atoms with Crippen molar-refractivity contribution in [3.05, 3.63) is 71.3 Å². The molecule has 1 aliphatic carbocycles. The SMILES string of the molecule is O=C(c1cnc2ccc(-c3cc(F)c(O)c(Cl)c3)cc2c1Nc1ccc(N2CCNCC2)cn1)C1CC1. The molecule has 1 saturated heterocycles. The number of benzene rings is 2. The topological polar surface area (TPSA) is 90.4 Å². The largest absolute Gasteiger partial charge is 0.504 e. The van der Waals surface area contributed by atoms with Gasteiger partial charge in [0.1, 0.15) is 5.82 Å². The minimum Gasteiger partial charge on any atom is -0.504 e. The number of ketones is 1. The third kappa shape index (κ3) is 4.70. The number of rotatable bonds is 6. The zero-order valence-electron chi connectivity index (χ0n) is 20.0. The van der Waals surface area contributed by atoms with Gasteiger partial charge in [0.05, 0.1) is 33.7 Å². The van der Waals surface area contributed by atoms with Gasteiger partial charge in [-0.05, 0) is 60.4 Å². The number of piperazine rings is 1. The summed E-state index contributed by atoms with van der Waals surface area (Å²) in [5.74, 6) is -0.705. The summed E-state index contributed by atoms with van der Waals surface area (Å²) in [4.78, 5) is 24.6. The van der Waals surface area contributed by atoms with Gasteiger partial charge >= 0.3 is 0 Å². The maximum Gasteiger partial charge on any atom is 0.170 e. The summed E-state index contributed by atoms with van der Waals surface area (Å²) in [6.07, 6.45) is 5.21. The van der Waals surface area contributed by atoms with E-state index in [2.05, 4.69) is 25.5 Å². The van der Waals surface area contributed by atoms with Gasteiger partial charge in [0.15, 0.2) is 17.3 Å². The fourth-order valence-corrected chi connectivity index (χ4v) is 4.90. The maximum atomic E-state index is 14.2. The molecule has 37 heavy (non-hydrogen) atoms. The number of halogens is 2. The molecule has 3 heterocycles. The molecule has 0 spiro atoms. The molecular weight excluding hydrogens is 493 g/mol. The molecule has 2 fully saturated rings. The van der Waals surface area contributed by atoms with Crippen molar-refractivity contribution in [2.75, 3.05) is 36.4 Å².